The average Bonchev–Trinajstić information content (AvgIpc) is 2.55. The average molecular weight is 279 g/mol. The van der Waals surface area contributed by atoms with Crippen LogP contribution < -0.4 is 16.6 Å². The number of hydrogen-bond acceptors (Lipinski definition) is 5. The highest BCUT2D eigenvalue weighted by Gasteiger charge is 2.09. The van der Waals surface area contributed by atoms with Crippen molar-refractivity contribution in [2.45, 2.75) is 0 Å². The molecule has 0 aliphatic rings. The number of hydrogen-bond donors (Lipinski definition) is 3. The molecule has 3 rings (SSSR count). The summed E-state index contributed by atoms with van der Waals surface area (Å²) in [6, 6.07) is 12.6. The lowest BCUT2D eigenvalue weighted by molar-refractivity contribution is 0.102. The molecule has 0 aliphatic heterocycles. The van der Waals surface area contributed by atoms with Gasteiger partial charge in [0.1, 0.15) is 5.82 Å². The molecule has 0 spiro atoms. The first-order valence-electron chi connectivity index (χ1n) is 6.36. The second-order valence-electron chi connectivity index (χ2n) is 4.41. The smallest absolute Gasteiger partial charge is 0.257 e. The third-order valence-corrected chi connectivity index (χ3v) is 3.07. The van der Waals surface area contributed by atoms with Gasteiger partial charge in [0.25, 0.3) is 5.91 Å². The number of nitrogens with one attached hydrogen (secondary N) is 2. The summed E-state index contributed by atoms with van der Waals surface area (Å²) < 4.78 is 0. The topological polar surface area (TPSA) is 92.9 Å². The van der Waals surface area contributed by atoms with E-state index < -0.39 is 0 Å². The quantitative estimate of drug-likeness (QED) is 0.504. The van der Waals surface area contributed by atoms with Gasteiger partial charge in [0.15, 0.2) is 0 Å². The molecular formula is C15H13N5O. The van der Waals surface area contributed by atoms with Crippen molar-refractivity contribution in [1.29, 1.82) is 0 Å². The van der Waals surface area contributed by atoms with Gasteiger partial charge >= 0.3 is 0 Å². The first-order chi connectivity index (χ1) is 10.3. The van der Waals surface area contributed by atoms with Gasteiger partial charge in [-0.05, 0) is 36.4 Å². The number of rotatable bonds is 3. The largest absolute Gasteiger partial charge is 0.321 e. The monoisotopic (exact) mass is 279 g/mol. The van der Waals surface area contributed by atoms with Crippen LogP contribution in [0.1, 0.15) is 10.4 Å². The Labute approximate surface area is 121 Å². The molecule has 6 heteroatoms. The Morgan fingerprint density at radius 1 is 1.05 bits per heavy atom. The van der Waals surface area contributed by atoms with Gasteiger partial charge in [0, 0.05) is 17.8 Å². The predicted octanol–water partition coefficient (Wildman–Crippen LogP) is 2.17. The molecule has 0 saturated carbocycles. The fourth-order valence-electron chi connectivity index (χ4n) is 2.02. The number of carbonyl (C=O) groups is 1. The second-order valence-corrected chi connectivity index (χ2v) is 4.41. The van der Waals surface area contributed by atoms with Crippen LogP contribution in [0.5, 0.6) is 0 Å². The van der Waals surface area contributed by atoms with Crippen molar-refractivity contribution >= 4 is 28.3 Å². The van der Waals surface area contributed by atoms with Crippen LogP contribution in [0.3, 0.4) is 0 Å². The lowest BCUT2D eigenvalue weighted by atomic mass is 10.1. The standard InChI is InChI=1S/C15H13N5O/c16-20-14-7-6-10(9-18-14)15(21)19-13-5-1-4-12-11(13)3-2-8-17-12/h1-9H,16H2,(H,18,20)(H,19,21). The van der Waals surface area contributed by atoms with Gasteiger partial charge in [-0.3, -0.25) is 9.78 Å². The van der Waals surface area contributed by atoms with E-state index in [2.05, 4.69) is 20.7 Å². The molecule has 0 radical (unpaired) electrons. The first kappa shape index (κ1) is 13.0. The summed E-state index contributed by atoms with van der Waals surface area (Å²) in [5, 5.41) is 3.76. The number of hydrazine groups is 1. The van der Waals surface area contributed by atoms with Crippen molar-refractivity contribution in [3.63, 3.8) is 0 Å². The Bertz CT molecular complexity index is 780. The minimum atomic E-state index is -0.234. The van der Waals surface area contributed by atoms with E-state index in [1.807, 2.05) is 30.3 Å². The van der Waals surface area contributed by atoms with Crippen molar-refractivity contribution in [1.82, 2.24) is 9.97 Å². The van der Waals surface area contributed by atoms with Crippen molar-refractivity contribution in [3.8, 4) is 0 Å². The highest BCUT2D eigenvalue weighted by molar-refractivity contribution is 6.08. The molecule has 1 amide bonds. The van der Waals surface area contributed by atoms with Crippen molar-refractivity contribution in [2.24, 2.45) is 5.84 Å². The Morgan fingerprint density at radius 3 is 2.71 bits per heavy atom. The van der Waals surface area contributed by atoms with E-state index in [0.29, 0.717) is 17.1 Å². The van der Waals surface area contributed by atoms with Crippen molar-refractivity contribution in [2.75, 3.05) is 10.7 Å². The van der Waals surface area contributed by atoms with Crippen molar-refractivity contribution < 1.29 is 4.79 Å². The number of nitrogens with two attached hydrogens (primary N) is 1. The zero-order valence-corrected chi connectivity index (χ0v) is 11.1. The Kier molecular flexibility index (Phi) is 3.44. The third kappa shape index (κ3) is 2.65. The molecule has 21 heavy (non-hydrogen) atoms. The molecule has 0 bridgehead atoms. The van der Waals surface area contributed by atoms with Gasteiger partial charge in [0.2, 0.25) is 0 Å². The number of nitrogen functional groups attached to an aromatic ring is 1. The number of benzene rings is 1. The fraction of sp³-hybridized carbons (Fsp3) is 0. The number of anilines is 2. The molecule has 0 saturated heterocycles. The van der Waals surface area contributed by atoms with E-state index in [1.165, 1.54) is 6.20 Å². The minimum Gasteiger partial charge on any atom is -0.321 e. The summed E-state index contributed by atoms with van der Waals surface area (Å²) >= 11 is 0. The Balaban J connectivity index is 1.89. The summed E-state index contributed by atoms with van der Waals surface area (Å²) in [6.45, 7) is 0. The molecule has 6 nitrogen and oxygen atoms in total. The maximum Gasteiger partial charge on any atom is 0.257 e. The molecule has 0 unspecified atom stereocenters. The van der Waals surface area contributed by atoms with Crippen molar-refractivity contribution in [3.05, 3.63) is 60.4 Å². The molecule has 2 aromatic heterocycles. The number of fused-ring (bicyclic) bond motifs is 1. The molecule has 2 heterocycles. The van der Waals surface area contributed by atoms with Crippen LogP contribution in [-0.2, 0) is 0 Å². The highest BCUT2D eigenvalue weighted by atomic mass is 16.1. The zero-order chi connectivity index (χ0) is 14.7. The van der Waals surface area contributed by atoms with Gasteiger partial charge in [-0.1, -0.05) is 6.07 Å². The van der Waals surface area contributed by atoms with Gasteiger partial charge in [0.05, 0.1) is 16.8 Å². The molecule has 4 N–H and O–H groups in total. The molecule has 3 aromatic rings. The van der Waals surface area contributed by atoms with E-state index >= 15 is 0 Å². The van der Waals surface area contributed by atoms with Gasteiger partial charge < -0.3 is 10.7 Å². The molecule has 1 aromatic carbocycles. The van der Waals surface area contributed by atoms with Crippen LogP contribution in [0.15, 0.2) is 54.9 Å². The Hall–Kier alpha value is -2.99. The van der Waals surface area contributed by atoms with E-state index in [1.54, 1.807) is 18.3 Å². The Morgan fingerprint density at radius 2 is 1.95 bits per heavy atom. The molecule has 0 atom stereocenters. The predicted molar refractivity (Wildman–Crippen MR) is 81.7 cm³/mol. The zero-order valence-electron chi connectivity index (χ0n) is 11.1. The summed E-state index contributed by atoms with van der Waals surface area (Å²) in [5.41, 5.74) is 4.41. The maximum absolute atomic E-state index is 12.2. The van der Waals surface area contributed by atoms with Crippen LogP contribution in [0.4, 0.5) is 11.5 Å². The van der Waals surface area contributed by atoms with Crippen LogP contribution in [-0.4, -0.2) is 15.9 Å². The summed E-state index contributed by atoms with van der Waals surface area (Å²) in [7, 11) is 0. The lowest BCUT2D eigenvalue weighted by Crippen LogP contribution is -2.14. The highest BCUT2D eigenvalue weighted by Crippen LogP contribution is 2.21. The summed E-state index contributed by atoms with van der Waals surface area (Å²) in [5.74, 6) is 5.51. The van der Waals surface area contributed by atoms with Crippen LogP contribution >= 0.6 is 0 Å². The van der Waals surface area contributed by atoms with Crippen LogP contribution in [0.25, 0.3) is 10.9 Å². The number of pyridine rings is 2. The first-order valence-corrected chi connectivity index (χ1v) is 6.36. The maximum atomic E-state index is 12.2. The molecule has 0 fully saturated rings. The van der Waals surface area contributed by atoms with E-state index in [4.69, 9.17) is 5.84 Å². The molecule has 0 aliphatic carbocycles. The summed E-state index contributed by atoms with van der Waals surface area (Å²) in [4.78, 5) is 20.5. The normalized spacial score (nSPS) is 10.3. The third-order valence-electron chi connectivity index (χ3n) is 3.07. The summed E-state index contributed by atoms with van der Waals surface area (Å²) in [6.07, 6.45) is 3.18. The van der Waals surface area contributed by atoms with E-state index in [0.717, 1.165) is 10.9 Å². The molecule has 104 valence electrons. The fourth-order valence-corrected chi connectivity index (χ4v) is 2.02. The van der Waals surface area contributed by atoms with E-state index in [-0.39, 0.29) is 5.91 Å². The minimum absolute atomic E-state index is 0.234. The number of nitrogens with zero attached hydrogens (tertiary/aromatic N) is 2. The van der Waals surface area contributed by atoms with Gasteiger partial charge in [-0.25, -0.2) is 10.8 Å². The van der Waals surface area contributed by atoms with E-state index in [9.17, 15) is 4.79 Å². The SMILES string of the molecule is NNc1ccc(C(=O)Nc2cccc3ncccc23)cn1. The lowest BCUT2D eigenvalue weighted by Gasteiger charge is -2.08. The van der Waals surface area contributed by atoms with Crippen LogP contribution in [0.2, 0.25) is 0 Å². The number of amides is 1. The number of carbonyl (C=O) groups excluding carboxylic acids is 1. The second kappa shape index (κ2) is 5.56. The molecular weight excluding hydrogens is 266 g/mol. The van der Waals surface area contributed by atoms with Gasteiger partial charge in [-0.2, -0.15) is 0 Å². The van der Waals surface area contributed by atoms with Crippen LogP contribution in [0, 0.1) is 0 Å². The van der Waals surface area contributed by atoms with Gasteiger partial charge in [-0.15, -0.1) is 0 Å². The number of aromatic nitrogens is 2.